The highest BCUT2D eigenvalue weighted by Gasteiger charge is 2.50. The largest absolute Gasteiger partial charge is 0.479 e. The van der Waals surface area contributed by atoms with Crippen molar-refractivity contribution in [3.05, 3.63) is 146 Å². The van der Waals surface area contributed by atoms with Crippen LogP contribution in [0.3, 0.4) is 0 Å². The zero-order valence-electron chi connectivity index (χ0n) is 52.8. The van der Waals surface area contributed by atoms with E-state index in [9.17, 15) is 34.5 Å². The number of esters is 3. The number of carbonyl (C=O) groups is 4. The third-order valence-corrected chi connectivity index (χ3v) is 13.9. The van der Waals surface area contributed by atoms with Crippen molar-refractivity contribution in [1.29, 1.82) is 0 Å². The van der Waals surface area contributed by atoms with Crippen LogP contribution in [0.1, 0.15) is 239 Å². The predicted octanol–water partition coefficient (Wildman–Crippen LogP) is 17.9. The van der Waals surface area contributed by atoms with Crippen molar-refractivity contribution in [3.63, 3.8) is 0 Å². The van der Waals surface area contributed by atoms with Crippen LogP contribution in [0.5, 0.6) is 0 Å². The molecule has 0 bridgehead atoms. The fourth-order valence-electron chi connectivity index (χ4n) is 8.95. The maximum atomic E-state index is 13.2. The molecule has 1 heterocycles. The molecule has 6 unspecified atom stereocenters. The lowest BCUT2D eigenvalue weighted by Crippen LogP contribution is -2.61. The molecule has 0 spiro atoms. The standard InChI is InChI=1S/C73H114O12/c1-4-7-10-13-16-19-22-25-28-31-33-36-38-41-44-47-50-53-56-59-65(74)81-62-64(83-66(75)60-57-54-51-48-45-42-39-35-30-27-24-21-18-15-12-9-6-3)63-82-73-71(69(78)68(77)70(85-73)72(79)80)84-67(76)61-58-55-52-49-46-43-40-37-34-32-29-26-23-20-17-14-11-8-5-2/h7,9-10,12,16,18-19,21,25-30,33,36,39,41-42,44,48,50-51,53,64,68-71,73,77-78H,4-6,8,11,13-15,17,20,22-24,31-32,34-35,37-38,40,43,45-47,49,52,54-63H2,1-3H3,(H,79,80)/b10-7-,12-9-,19-16-,21-18-,28-25-,29-26-,30-27-,36-33-,42-39-,44-41-,51-48-,53-50-. The number of hydrogen-bond donors (Lipinski definition) is 3. The van der Waals surface area contributed by atoms with E-state index >= 15 is 0 Å². The molecule has 478 valence electrons. The normalized spacial score (nSPS) is 18.4. The van der Waals surface area contributed by atoms with E-state index in [1.165, 1.54) is 70.6 Å². The third kappa shape index (κ3) is 48.4. The number of hydrogen-bond acceptors (Lipinski definition) is 11. The van der Waals surface area contributed by atoms with Crippen molar-refractivity contribution >= 4 is 23.9 Å². The summed E-state index contributed by atoms with van der Waals surface area (Å²) in [7, 11) is 0. The van der Waals surface area contributed by atoms with Gasteiger partial charge in [-0.15, -0.1) is 0 Å². The number of rotatable bonds is 54. The topological polar surface area (TPSA) is 175 Å². The van der Waals surface area contributed by atoms with Crippen LogP contribution in [0.2, 0.25) is 0 Å². The van der Waals surface area contributed by atoms with Crippen molar-refractivity contribution in [2.75, 3.05) is 13.2 Å². The number of allylic oxidation sites excluding steroid dienone is 24. The molecule has 0 aromatic heterocycles. The second kappa shape index (κ2) is 59.0. The van der Waals surface area contributed by atoms with E-state index in [1.807, 2.05) is 24.3 Å². The first-order chi connectivity index (χ1) is 41.6. The molecule has 0 aliphatic carbocycles. The summed E-state index contributed by atoms with van der Waals surface area (Å²) in [5, 5.41) is 31.6. The van der Waals surface area contributed by atoms with E-state index in [0.717, 1.165) is 96.3 Å². The van der Waals surface area contributed by atoms with Crippen molar-refractivity contribution in [3.8, 4) is 0 Å². The molecule has 1 aliphatic heterocycles. The molecule has 12 heteroatoms. The summed E-state index contributed by atoms with van der Waals surface area (Å²) in [5.74, 6) is -3.33. The number of carboxylic acids is 1. The first kappa shape index (κ1) is 77.6. The van der Waals surface area contributed by atoms with Crippen LogP contribution in [-0.4, -0.2) is 89.2 Å². The molecule has 3 N–H and O–H groups in total. The Morgan fingerprint density at radius 2 is 0.776 bits per heavy atom. The fraction of sp³-hybridized carbons (Fsp3) is 0.616. The van der Waals surface area contributed by atoms with Gasteiger partial charge in [0.1, 0.15) is 18.8 Å². The summed E-state index contributed by atoms with van der Waals surface area (Å²) in [5.41, 5.74) is 0. The van der Waals surface area contributed by atoms with E-state index < -0.39 is 67.3 Å². The van der Waals surface area contributed by atoms with Crippen molar-refractivity contribution in [2.45, 2.75) is 276 Å². The SMILES string of the molecule is CC/C=C\C/C=C\C/C=C\C/C=C\C/C=C\C/C=C\CCC(=O)OCC(COC1OC(C(=O)O)C(O)C(O)C1OC(=O)CCCCCCCCCCC/C=C\CCCCCCCC)OC(=O)CCC/C=C\C/C=C\C/C=C\C/C=C\C/C=C\CC. The molecular weight excluding hydrogens is 1070 g/mol. The van der Waals surface area contributed by atoms with Crippen LogP contribution in [0.25, 0.3) is 0 Å². The molecule has 1 saturated heterocycles. The van der Waals surface area contributed by atoms with Gasteiger partial charge in [-0.1, -0.05) is 244 Å². The highest BCUT2D eigenvalue weighted by atomic mass is 16.7. The quantitative estimate of drug-likeness (QED) is 0.0228. The van der Waals surface area contributed by atoms with Crippen LogP contribution in [-0.2, 0) is 42.9 Å². The van der Waals surface area contributed by atoms with Gasteiger partial charge in [-0.3, -0.25) is 14.4 Å². The van der Waals surface area contributed by atoms with Gasteiger partial charge in [0.05, 0.1) is 6.61 Å². The van der Waals surface area contributed by atoms with Gasteiger partial charge in [-0.05, 0) is 122 Å². The van der Waals surface area contributed by atoms with Gasteiger partial charge in [-0.2, -0.15) is 0 Å². The summed E-state index contributed by atoms with van der Waals surface area (Å²) in [6, 6.07) is 0. The molecular formula is C73H114O12. The van der Waals surface area contributed by atoms with Gasteiger partial charge in [0, 0.05) is 19.3 Å². The zero-order chi connectivity index (χ0) is 61.7. The van der Waals surface area contributed by atoms with E-state index in [1.54, 1.807) is 0 Å². The number of unbranched alkanes of at least 4 members (excludes halogenated alkanes) is 16. The minimum atomic E-state index is -1.93. The van der Waals surface area contributed by atoms with Crippen LogP contribution in [0, 0.1) is 0 Å². The lowest BCUT2D eigenvalue weighted by molar-refractivity contribution is -0.301. The summed E-state index contributed by atoms with van der Waals surface area (Å²) in [6.07, 6.45) is 72.5. The lowest BCUT2D eigenvalue weighted by Gasteiger charge is -2.40. The molecule has 0 aromatic rings. The van der Waals surface area contributed by atoms with E-state index in [0.29, 0.717) is 32.1 Å². The minimum Gasteiger partial charge on any atom is -0.479 e. The van der Waals surface area contributed by atoms with E-state index in [-0.39, 0.29) is 25.9 Å². The molecule has 12 nitrogen and oxygen atoms in total. The molecule has 1 fully saturated rings. The molecule has 0 saturated carbocycles. The molecule has 6 atom stereocenters. The fourth-order valence-corrected chi connectivity index (χ4v) is 8.95. The van der Waals surface area contributed by atoms with Crippen LogP contribution in [0.15, 0.2) is 146 Å². The number of aliphatic hydroxyl groups is 2. The van der Waals surface area contributed by atoms with Crippen LogP contribution >= 0.6 is 0 Å². The number of ether oxygens (including phenoxy) is 5. The average Bonchev–Trinajstić information content (AvgIpc) is 3.51. The monoisotopic (exact) mass is 1180 g/mol. The molecule has 1 rings (SSSR count). The summed E-state index contributed by atoms with van der Waals surface area (Å²) < 4.78 is 28.4. The molecule has 0 radical (unpaired) electrons. The van der Waals surface area contributed by atoms with Gasteiger partial charge < -0.3 is 39.0 Å². The Morgan fingerprint density at radius 1 is 0.400 bits per heavy atom. The number of carbonyl (C=O) groups excluding carboxylic acids is 3. The maximum Gasteiger partial charge on any atom is 0.335 e. The second-order valence-corrected chi connectivity index (χ2v) is 21.6. The Kier molecular flexibility index (Phi) is 53.8. The predicted molar refractivity (Wildman–Crippen MR) is 349 cm³/mol. The van der Waals surface area contributed by atoms with Crippen LogP contribution < -0.4 is 0 Å². The molecule has 0 aromatic carbocycles. The van der Waals surface area contributed by atoms with Gasteiger partial charge in [0.15, 0.2) is 24.6 Å². The molecule has 1 aliphatic rings. The summed E-state index contributed by atoms with van der Waals surface area (Å²) in [4.78, 5) is 51.3. The number of carboxylic acid groups (broad SMARTS) is 1. The zero-order valence-corrected chi connectivity index (χ0v) is 52.8. The average molecular weight is 1180 g/mol. The first-order valence-corrected chi connectivity index (χ1v) is 32.8. The number of aliphatic carboxylic acids is 1. The Hall–Kier alpha value is -5.40. The van der Waals surface area contributed by atoms with Gasteiger partial charge in [0.2, 0.25) is 0 Å². The first-order valence-electron chi connectivity index (χ1n) is 32.8. The van der Waals surface area contributed by atoms with Crippen molar-refractivity contribution in [2.24, 2.45) is 0 Å². The highest BCUT2D eigenvalue weighted by molar-refractivity contribution is 5.74. The van der Waals surface area contributed by atoms with Crippen LogP contribution in [0.4, 0.5) is 0 Å². The van der Waals surface area contributed by atoms with Crippen molar-refractivity contribution < 1.29 is 58.2 Å². The molecule has 0 amide bonds. The Morgan fingerprint density at radius 3 is 1.22 bits per heavy atom. The highest BCUT2D eigenvalue weighted by Crippen LogP contribution is 2.26. The van der Waals surface area contributed by atoms with Crippen molar-refractivity contribution in [1.82, 2.24) is 0 Å². The van der Waals surface area contributed by atoms with E-state index in [4.69, 9.17) is 23.7 Å². The van der Waals surface area contributed by atoms with Gasteiger partial charge >= 0.3 is 23.9 Å². The Balaban J connectivity index is 2.74. The third-order valence-electron chi connectivity index (χ3n) is 13.9. The van der Waals surface area contributed by atoms with Gasteiger partial charge in [0.25, 0.3) is 0 Å². The Bertz CT molecular complexity index is 2030. The second-order valence-electron chi connectivity index (χ2n) is 21.6. The smallest absolute Gasteiger partial charge is 0.335 e. The lowest BCUT2D eigenvalue weighted by atomic mass is 9.98. The summed E-state index contributed by atoms with van der Waals surface area (Å²) in [6.45, 7) is 5.66. The number of aliphatic hydroxyl groups excluding tert-OH is 2. The maximum absolute atomic E-state index is 13.2. The summed E-state index contributed by atoms with van der Waals surface area (Å²) >= 11 is 0. The molecule has 85 heavy (non-hydrogen) atoms. The van der Waals surface area contributed by atoms with E-state index in [2.05, 4.69) is 142 Å². The van der Waals surface area contributed by atoms with Gasteiger partial charge in [-0.25, -0.2) is 4.79 Å². The minimum absolute atomic E-state index is 0.0369. The Labute approximate surface area is 514 Å².